The van der Waals surface area contributed by atoms with Gasteiger partial charge in [0.15, 0.2) is 0 Å². The number of fused-ring (bicyclic) bond motifs is 2. The molecule has 4 atom stereocenters. The van der Waals surface area contributed by atoms with Crippen LogP contribution in [0, 0.1) is 31.6 Å². The summed E-state index contributed by atoms with van der Waals surface area (Å²) in [5, 5.41) is 16.4. The van der Waals surface area contributed by atoms with Gasteiger partial charge in [-0.25, -0.2) is 4.68 Å². The van der Waals surface area contributed by atoms with E-state index in [0.717, 1.165) is 19.3 Å². The highest BCUT2D eigenvalue weighted by atomic mass is 19.3. The Balaban J connectivity index is 1.68. The Bertz CT molecular complexity index is 602. The second-order valence-electron chi connectivity index (χ2n) is 6.82. The molecule has 0 saturated heterocycles. The zero-order valence-electron chi connectivity index (χ0n) is 13.4. The lowest BCUT2D eigenvalue weighted by Crippen LogP contribution is -2.45. The molecule has 2 bridgehead atoms. The van der Waals surface area contributed by atoms with Gasteiger partial charge in [0.1, 0.15) is 0 Å². The topological polar surface area (TPSA) is 67.2 Å². The van der Waals surface area contributed by atoms with Gasteiger partial charge in [0.05, 0.1) is 12.1 Å². The van der Waals surface area contributed by atoms with Crippen molar-refractivity contribution in [2.45, 2.75) is 52.1 Å². The van der Waals surface area contributed by atoms with Crippen molar-refractivity contribution in [1.82, 2.24) is 15.1 Å². The molecule has 2 aliphatic carbocycles. The number of nitrogens with zero attached hydrogens (tertiary/aromatic N) is 2. The van der Waals surface area contributed by atoms with Crippen molar-refractivity contribution in [2.75, 3.05) is 6.61 Å². The molecule has 128 valence electrons. The van der Waals surface area contributed by atoms with Crippen LogP contribution >= 0.6 is 0 Å². The lowest BCUT2D eigenvalue weighted by molar-refractivity contribution is -0.122. The summed E-state index contributed by atoms with van der Waals surface area (Å²) in [4.78, 5) is 12.4. The van der Waals surface area contributed by atoms with Gasteiger partial charge in [-0.3, -0.25) is 4.79 Å². The van der Waals surface area contributed by atoms with Crippen molar-refractivity contribution in [3.8, 4) is 0 Å². The van der Waals surface area contributed by atoms with Gasteiger partial charge in [-0.2, -0.15) is 13.9 Å². The number of aryl methyl sites for hydroxylation is 1. The molecule has 1 heterocycles. The molecule has 7 heteroatoms. The second kappa shape index (κ2) is 6.19. The van der Waals surface area contributed by atoms with Crippen LogP contribution in [-0.4, -0.2) is 33.4 Å². The van der Waals surface area contributed by atoms with Gasteiger partial charge in [0.25, 0.3) is 0 Å². The number of aliphatic hydroxyl groups is 1. The highest BCUT2D eigenvalue weighted by Gasteiger charge is 2.47. The lowest BCUT2D eigenvalue weighted by Gasteiger charge is -2.30. The van der Waals surface area contributed by atoms with Crippen LogP contribution in [0.25, 0.3) is 0 Å². The van der Waals surface area contributed by atoms with Gasteiger partial charge >= 0.3 is 6.55 Å². The third kappa shape index (κ3) is 2.86. The summed E-state index contributed by atoms with van der Waals surface area (Å²) in [5.41, 5.74) is 1.36. The van der Waals surface area contributed by atoms with Gasteiger partial charge in [-0.15, -0.1) is 0 Å². The molecule has 2 N–H and O–H groups in total. The molecule has 0 aliphatic heterocycles. The first-order chi connectivity index (χ1) is 10.9. The number of carbonyl (C=O) groups is 1. The van der Waals surface area contributed by atoms with Crippen molar-refractivity contribution in [1.29, 1.82) is 0 Å². The van der Waals surface area contributed by atoms with E-state index in [4.69, 9.17) is 0 Å². The van der Waals surface area contributed by atoms with Gasteiger partial charge in [-0.05, 0) is 44.9 Å². The quantitative estimate of drug-likeness (QED) is 0.869. The molecular formula is C16H23F2N3O2. The fourth-order valence-electron chi connectivity index (χ4n) is 4.44. The molecule has 5 nitrogen and oxygen atoms in total. The van der Waals surface area contributed by atoms with Crippen LogP contribution in [0.5, 0.6) is 0 Å². The summed E-state index contributed by atoms with van der Waals surface area (Å²) in [6.07, 6.45) is 3.34. The fraction of sp³-hybridized carbons (Fsp3) is 0.750. The average Bonchev–Trinajstić information content (AvgIpc) is 3.16. The lowest BCUT2D eigenvalue weighted by atomic mass is 9.85. The second-order valence-corrected chi connectivity index (χ2v) is 6.82. The molecule has 0 radical (unpaired) electrons. The average molecular weight is 327 g/mol. The molecule has 4 unspecified atom stereocenters. The molecule has 2 aliphatic rings. The first-order valence-corrected chi connectivity index (χ1v) is 8.15. The first-order valence-electron chi connectivity index (χ1n) is 8.15. The number of aliphatic hydroxyl groups excluding tert-OH is 1. The predicted molar refractivity (Wildman–Crippen MR) is 80.0 cm³/mol. The minimum atomic E-state index is -2.70. The zero-order chi connectivity index (χ0) is 16.7. The van der Waals surface area contributed by atoms with Crippen LogP contribution in [0.2, 0.25) is 0 Å². The van der Waals surface area contributed by atoms with Gasteiger partial charge in [0.2, 0.25) is 5.91 Å². The van der Waals surface area contributed by atoms with Crippen LogP contribution in [0.4, 0.5) is 8.78 Å². The number of nitrogens with one attached hydrogen (secondary N) is 1. The molecule has 1 amide bonds. The molecule has 0 aromatic carbocycles. The third-order valence-corrected chi connectivity index (χ3v) is 5.62. The summed E-state index contributed by atoms with van der Waals surface area (Å²) in [5.74, 6) is 0.886. The summed E-state index contributed by atoms with van der Waals surface area (Å²) in [7, 11) is 0. The van der Waals surface area contributed by atoms with Crippen LogP contribution in [-0.2, 0) is 11.2 Å². The number of hydrogen-bond donors (Lipinski definition) is 2. The number of halogens is 2. The van der Waals surface area contributed by atoms with Crippen molar-refractivity contribution in [2.24, 2.45) is 17.8 Å². The smallest absolute Gasteiger partial charge is 0.333 e. The van der Waals surface area contributed by atoms with Crippen molar-refractivity contribution < 1.29 is 18.7 Å². The van der Waals surface area contributed by atoms with E-state index in [1.165, 1.54) is 0 Å². The van der Waals surface area contributed by atoms with Crippen molar-refractivity contribution in [3.63, 3.8) is 0 Å². The molecule has 2 fully saturated rings. The summed E-state index contributed by atoms with van der Waals surface area (Å²) in [6.45, 7) is 0.591. The molecule has 2 saturated carbocycles. The van der Waals surface area contributed by atoms with E-state index in [0.29, 0.717) is 33.5 Å². The number of hydrogen-bond acceptors (Lipinski definition) is 3. The van der Waals surface area contributed by atoms with Crippen LogP contribution < -0.4 is 5.32 Å². The Labute approximate surface area is 134 Å². The Morgan fingerprint density at radius 3 is 2.70 bits per heavy atom. The standard InChI is InChI=1S/C16H23F2N3O2/c1-8-12(9(2)21(20-8)16(17)18)6-14(23)19-15-11-4-3-10(5-11)13(15)7-22/h10-11,13,15-16,22H,3-7H2,1-2H3,(H,19,23). The summed E-state index contributed by atoms with van der Waals surface area (Å²) in [6, 6.07) is 0.0111. The maximum atomic E-state index is 12.9. The van der Waals surface area contributed by atoms with Crippen molar-refractivity contribution in [3.05, 3.63) is 17.0 Å². The zero-order valence-corrected chi connectivity index (χ0v) is 13.4. The number of rotatable bonds is 5. The molecule has 0 spiro atoms. The molecule has 1 aromatic rings. The molecular weight excluding hydrogens is 304 g/mol. The summed E-state index contributed by atoms with van der Waals surface area (Å²) >= 11 is 0. The highest BCUT2D eigenvalue weighted by molar-refractivity contribution is 5.79. The number of alkyl halides is 2. The Morgan fingerprint density at radius 1 is 1.39 bits per heavy atom. The van der Waals surface area contributed by atoms with Gasteiger partial charge < -0.3 is 10.4 Å². The van der Waals surface area contributed by atoms with Crippen LogP contribution in [0.3, 0.4) is 0 Å². The predicted octanol–water partition coefficient (Wildman–Crippen LogP) is 1.96. The van der Waals surface area contributed by atoms with Crippen LogP contribution in [0.15, 0.2) is 0 Å². The molecule has 1 aromatic heterocycles. The van der Waals surface area contributed by atoms with Gasteiger partial charge in [0, 0.05) is 29.8 Å². The van der Waals surface area contributed by atoms with E-state index in [9.17, 15) is 18.7 Å². The molecule has 3 rings (SSSR count). The SMILES string of the molecule is Cc1nn(C(F)F)c(C)c1CC(=O)NC1C2CCC(C2)C1CO. The first kappa shape index (κ1) is 16.4. The van der Waals surface area contributed by atoms with Crippen molar-refractivity contribution >= 4 is 5.91 Å². The largest absolute Gasteiger partial charge is 0.396 e. The number of carbonyl (C=O) groups excluding carboxylic acids is 1. The maximum Gasteiger partial charge on any atom is 0.333 e. The third-order valence-electron chi connectivity index (χ3n) is 5.62. The van der Waals surface area contributed by atoms with Crippen LogP contribution in [0.1, 0.15) is 42.8 Å². The number of amides is 1. The molecule has 23 heavy (non-hydrogen) atoms. The Hall–Kier alpha value is -1.50. The van der Waals surface area contributed by atoms with Gasteiger partial charge in [-0.1, -0.05) is 0 Å². The maximum absolute atomic E-state index is 12.9. The summed E-state index contributed by atoms with van der Waals surface area (Å²) < 4.78 is 26.4. The monoisotopic (exact) mass is 327 g/mol. The Kier molecular flexibility index (Phi) is 4.40. The van der Waals surface area contributed by atoms with E-state index in [1.807, 2.05) is 0 Å². The minimum Gasteiger partial charge on any atom is -0.396 e. The van der Waals surface area contributed by atoms with E-state index in [-0.39, 0.29) is 30.9 Å². The van der Waals surface area contributed by atoms with E-state index in [1.54, 1.807) is 13.8 Å². The number of aromatic nitrogens is 2. The minimum absolute atomic E-state index is 0.0111. The normalized spacial score (nSPS) is 29.5. The fourth-order valence-corrected chi connectivity index (χ4v) is 4.44. The van der Waals surface area contributed by atoms with E-state index >= 15 is 0 Å². The van der Waals surface area contributed by atoms with E-state index < -0.39 is 6.55 Å². The van der Waals surface area contributed by atoms with E-state index in [2.05, 4.69) is 10.4 Å². The highest BCUT2D eigenvalue weighted by Crippen LogP contribution is 2.48. The Morgan fingerprint density at radius 2 is 2.09 bits per heavy atom.